The van der Waals surface area contributed by atoms with Gasteiger partial charge < -0.3 is 9.84 Å². The highest BCUT2D eigenvalue weighted by molar-refractivity contribution is 5.73. The van der Waals surface area contributed by atoms with Gasteiger partial charge in [-0.1, -0.05) is 29.8 Å². The van der Waals surface area contributed by atoms with Gasteiger partial charge in [-0.15, -0.1) is 0 Å². The number of ether oxygens (including phenoxy) is 1. The molecule has 0 saturated heterocycles. The summed E-state index contributed by atoms with van der Waals surface area (Å²) in [6.07, 6.45) is -0.530. The molecular weight excluding hydrogens is 276 g/mol. The Morgan fingerprint density at radius 1 is 1.00 bits per heavy atom. The molecule has 2 rings (SSSR count). The molecule has 22 heavy (non-hydrogen) atoms. The summed E-state index contributed by atoms with van der Waals surface area (Å²) in [6.45, 7) is 8.03. The minimum atomic E-state index is -0.946. The summed E-state index contributed by atoms with van der Waals surface area (Å²) in [6, 6.07) is 11.7. The molecule has 0 aromatic heterocycles. The first kappa shape index (κ1) is 16.1. The van der Waals surface area contributed by atoms with E-state index in [0.29, 0.717) is 12.2 Å². The van der Waals surface area contributed by atoms with E-state index >= 15 is 0 Å². The van der Waals surface area contributed by atoms with E-state index in [1.165, 1.54) is 5.56 Å². The first-order valence-electron chi connectivity index (χ1n) is 7.39. The molecule has 3 nitrogen and oxygen atoms in total. The Morgan fingerprint density at radius 3 is 2.32 bits per heavy atom. The van der Waals surface area contributed by atoms with Gasteiger partial charge >= 0.3 is 5.97 Å². The molecule has 116 valence electrons. The average Bonchev–Trinajstić information content (AvgIpc) is 2.44. The Hall–Kier alpha value is -2.29. The van der Waals surface area contributed by atoms with Gasteiger partial charge in [0.1, 0.15) is 5.75 Å². The highest BCUT2D eigenvalue weighted by Crippen LogP contribution is 2.20. The van der Waals surface area contributed by atoms with Crippen molar-refractivity contribution in [2.24, 2.45) is 0 Å². The second kappa shape index (κ2) is 6.65. The fraction of sp³-hybridized carbons (Fsp3) is 0.316. The van der Waals surface area contributed by atoms with Crippen LogP contribution in [0.15, 0.2) is 36.4 Å². The van der Waals surface area contributed by atoms with E-state index in [1.807, 2.05) is 58.0 Å². The third kappa shape index (κ3) is 3.88. The number of aryl methyl sites for hydroxylation is 4. The highest BCUT2D eigenvalue weighted by Gasteiger charge is 2.21. The molecule has 1 N–H and O–H groups in total. The van der Waals surface area contributed by atoms with Gasteiger partial charge in [0.05, 0.1) is 0 Å². The van der Waals surface area contributed by atoms with Crippen LogP contribution in [0.5, 0.6) is 5.75 Å². The molecule has 0 radical (unpaired) electrons. The number of carboxylic acids is 1. The third-order valence-electron chi connectivity index (χ3n) is 3.94. The second-order valence-electron chi connectivity index (χ2n) is 5.82. The molecule has 2 aromatic carbocycles. The van der Waals surface area contributed by atoms with E-state index < -0.39 is 12.1 Å². The summed E-state index contributed by atoms with van der Waals surface area (Å²) in [5.74, 6) is -0.349. The van der Waals surface area contributed by atoms with Gasteiger partial charge in [0.25, 0.3) is 0 Å². The molecule has 0 unspecified atom stereocenters. The van der Waals surface area contributed by atoms with Crippen LogP contribution in [0.3, 0.4) is 0 Å². The molecule has 0 heterocycles. The number of aliphatic carboxylic acids is 1. The van der Waals surface area contributed by atoms with Gasteiger partial charge in [-0.25, -0.2) is 4.79 Å². The molecule has 0 aliphatic rings. The number of carbonyl (C=O) groups is 1. The lowest BCUT2D eigenvalue weighted by Gasteiger charge is -2.17. The third-order valence-corrected chi connectivity index (χ3v) is 3.94. The maximum atomic E-state index is 11.5. The zero-order valence-corrected chi connectivity index (χ0v) is 13.5. The van der Waals surface area contributed by atoms with Crippen LogP contribution in [0.1, 0.15) is 27.8 Å². The van der Waals surface area contributed by atoms with E-state index in [0.717, 1.165) is 22.3 Å². The topological polar surface area (TPSA) is 46.5 Å². The predicted octanol–water partition coefficient (Wildman–Crippen LogP) is 3.99. The fourth-order valence-corrected chi connectivity index (χ4v) is 2.41. The van der Waals surface area contributed by atoms with E-state index in [9.17, 15) is 9.90 Å². The van der Waals surface area contributed by atoms with Crippen molar-refractivity contribution in [3.8, 4) is 5.75 Å². The van der Waals surface area contributed by atoms with E-state index in [-0.39, 0.29) is 0 Å². The standard InChI is InChI=1S/C19H22O3/c1-12-5-7-16(15(4)9-12)11-18(19(20)21)22-17-8-6-13(2)14(3)10-17/h5-10,18H,11H2,1-4H3,(H,20,21)/t18-/m0/s1. The number of benzene rings is 2. The molecule has 0 aliphatic carbocycles. The monoisotopic (exact) mass is 298 g/mol. The van der Waals surface area contributed by atoms with Gasteiger partial charge in [0.2, 0.25) is 0 Å². The molecule has 2 aromatic rings. The summed E-state index contributed by atoms with van der Waals surface area (Å²) in [5.41, 5.74) is 5.52. The van der Waals surface area contributed by atoms with Gasteiger partial charge in [-0.2, -0.15) is 0 Å². The van der Waals surface area contributed by atoms with Crippen molar-refractivity contribution >= 4 is 5.97 Å². The molecule has 0 amide bonds. The predicted molar refractivity (Wildman–Crippen MR) is 87.6 cm³/mol. The summed E-state index contributed by atoms with van der Waals surface area (Å²) in [5, 5.41) is 9.44. The maximum absolute atomic E-state index is 11.5. The maximum Gasteiger partial charge on any atom is 0.345 e. The zero-order chi connectivity index (χ0) is 16.3. The largest absolute Gasteiger partial charge is 0.478 e. The minimum absolute atomic E-state index is 0.356. The van der Waals surface area contributed by atoms with Crippen molar-refractivity contribution in [2.75, 3.05) is 0 Å². The van der Waals surface area contributed by atoms with Crippen molar-refractivity contribution in [1.82, 2.24) is 0 Å². The molecule has 3 heteroatoms. The lowest BCUT2D eigenvalue weighted by molar-refractivity contribution is -0.145. The van der Waals surface area contributed by atoms with Crippen LogP contribution >= 0.6 is 0 Å². The van der Waals surface area contributed by atoms with Crippen LogP contribution < -0.4 is 4.74 Å². The van der Waals surface area contributed by atoms with Crippen LogP contribution in [0.25, 0.3) is 0 Å². The van der Waals surface area contributed by atoms with E-state index in [4.69, 9.17) is 4.74 Å². The smallest absolute Gasteiger partial charge is 0.345 e. The molecule has 0 spiro atoms. The Balaban J connectivity index is 2.19. The normalized spacial score (nSPS) is 12.0. The number of carboxylic acid groups (broad SMARTS) is 1. The Morgan fingerprint density at radius 2 is 1.73 bits per heavy atom. The highest BCUT2D eigenvalue weighted by atomic mass is 16.5. The minimum Gasteiger partial charge on any atom is -0.478 e. The molecule has 0 aliphatic heterocycles. The fourth-order valence-electron chi connectivity index (χ4n) is 2.41. The van der Waals surface area contributed by atoms with Crippen molar-refractivity contribution in [2.45, 2.75) is 40.2 Å². The van der Waals surface area contributed by atoms with Gasteiger partial charge in [-0.05, 0) is 62.1 Å². The van der Waals surface area contributed by atoms with Crippen LogP contribution in [0, 0.1) is 27.7 Å². The summed E-state index contributed by atoms with van der Waals surface area (Å²) in [7, 11) is 0. The quantitative estimate of drug-likeness (QED) is 0.907. The SMILES string of the molecule is Cc1ccc(C[C@H](Oc2ccc(C)c(C)c2)C(=O)O)c(C)c1. The zero-order valence-electron chi connectivity index (χ0n) is 13.5. The molecule has 0 saturated carbocycles. The number of rotatable bonds is 5. The van der Waals surface area contributed by atoms with Crippen molar-refractivity contribution in [1.29, 1.82) is 0 Å². The summed E-state index contributed by atoms with van der Waals surface area (Å²) < 4.78 is 5.70. The lowest BCUT2D eigenvalue weighted by Crippen LogP contribution is -2.29. The summed E-state index contributed by atoms with van der Waals surface area (Å²) >= 11 is 0. The Labute approximate surface area is 131 Å². The molecule has 1 atom stereocenters. The average molecular weight is 298 g/mol. The van der Waals surface area contributed by atoms with E-state index in [1.54, 1.807) is 0 Å². The molecule has 0 bridgehead atoms. The Bertz CT molecular complexity index is 689. The van der Waals surface area contributed by atoms with Gasteiger partial charge in [0, 0.05) is 6.42 Å². The van der Waals surface area contributed by atoms with Crippen LogP contribution in [-0.4, -0.2) is 17.2 Å². The first-order valence-corrected chi connectivity index (χ1v) is 7.39. The molecule has 0 fully saturated rings. The Kier molecular flexibility index (Phi) is 4.86. The first-order chi connectivity index (χ1) is 10.4. The van der Waals surface area contributed by atoms with Crippen molar-refractivity contribution in [3.05, 3.63) is 64.2 Å². The van der Waals surface area contributed by atoms with Crippen LogP contribution in [0.2, 0.25) is 0 Å². The van der Waals surface area contributed by atoms with Crippen LogP contribution in [-0.2, 0) is 11.2 Å². The number of hydrogen-bond donors (Lipinski definition) is 1. The van der Waals surface area contributed by atoms with Crippen molar-refractivity contribution in [3.63, 3.8) is 0 Å². The van der Waals surface area contributed by atoms with Gasteiger partial charge in [0.15, 0.2) is 6.10 Å². The number of hydrogen-bond acceptors (Lipinski definition) is 2. The van der Waals surface area contributed by atoms with Crippen molar-refractivity contribution < 1.29 is 14.6 Å². The second-order valence-corrected chi connectivity index (χ2v) is 5.82. The molecular formula is C19H22O3. The lowest BCUT2D eigenvalue weighted by atomic mass is 10.0. The van der Waals surface area contributed by atoms with E-state index in [2.05, 4.69) is 6.07 Å². The van der Waals surface area contributed by atoms with Crippen LogP contribution in [0.4, 0.5) is 0 Å². The van der Waals surface area contributed by atoms with Gasteiger partial charge in [-0.3, -0.25) is 0 Å². The summed E-state index contributed by atoms with van der Waals surface area (Å²) in [4.78, 5) is 11.5.